The minimum Gasteiger partial charge on any atom is -0.404 e. The lowest BCUT2D eigenvalue weighted by Crippen LogP contribution is -2.21. The van der Waals surface area contributed by atoms with E-state index in [2.05, 4.69) is 9.72 Å². The topological polar surface area (TPSA) is 48.1 Å². The Morgan fingerprint density at radius 2 is 1.78 bits per heavy atom. The molecule has 1 rings (SSSR count). The lowest BCUT2D eigenvalue weighted by atomic mass is 10.1. The first kappa shape index (κ1) is 14.6. The van der Waals surface area contributed by atoms with Crippen LogP contribution in [-0.4, -0.2) is 11.3 Å². The molecular formula is C9H8F6N2O. The summed E-state index contributed by atoms with van der Waals surface area (Å²) in [5, 5.41) is 0. The molecule has 0 radical (unpaired) electrons. The zero-order valence-electron chi connectivity index (χ0n) is 8.99. The summed E-state index contributed by atoms with van der Waals surface area (Å²) in [4.78, 5) is 2.94. The first-order valence-corrected chi connectivity index (χ1v) is 4.57. The quantitative estimate of drug-likeness (QED) is 0.843. The van der Waals surface area contributed by atoms with Gasteiger partial charge in [0.1, 0.15) is 5.69 Å². The van der Waals surface area contributed by atoms with Crippen molar-refractivity contribution in [3.63, 3.8) is 0 Å². The summed E-state index contributed by atoms with van der Waals surface area (Å²) < 4.78 is 77.0. The number of aromatic nitrogens is 1. The molecule has 0 unspecified atom stereocenters. The van der Waals surface area contributed by atoms with Gasteiger partial charge in [-0.15, -0.1) is 13.2 Å². The molecule has 9 heteroatoms. The van der Waals surface area contributed by atoms with Crippen molar-refractivity contribution >= 4 is 0 Å². The van der Waals surface area contributed by atoms with E-state index >= 15 is 0 Å². The monoisotopic (exact) mass is 274 g/mol. The molecule has 1 aromatic rings. The molecule has 0 bridgehead atoms. The summed E-state index contributed by atoms with van der Waals surface area (Å²) in [6.45, 7) is 0.461. The molecule has 18 heavy (non-hydrogen) atoms. The van der Waals surface area contributed by atoms with Gasteiger partial charge in [0.2, 0.25) is 0 Å². The molecule has 0 saturated carbocycles. The molecule has 2 N–H and O–H groups in total. The fraction of sp³-hybridized carbons (Fsp3) is 0.444. The van der Waals surface area contributed by atoms with Crippen LogP contribution in [0.4, 0.5) is 26.3 Å². The zero-order valence-corrected chi connectivity index (χ0v) is 8.99. The number of pyridine rings is 1. The first-order chi connectivity index (χ1) is 8.06. The van der Waals surface area contributed by atoms with Gasteiger partial charge >= 0.3 is 12.5 Å². The van der Waals surface area contributed by atoms with Gasteiger partial charge in [-0.1, -0.05) is 0 Å². The van der Waals surface area contributed by atoms with Gasteiger partial charge in [0.25, 0.3) is 0 Å². The second-order valence-corrected chi connectivity index (χ2v) is 3.32. The van der Waals surface area contributed by atoms with E-state index in [1.54, 1.807) is 0 Å². The minimum absolute atomic E-state index is 0.336. The fourth-order valence-electron chi connectivity index (χ4n) is 1.35. The van der Waals surface area contributed by atoms with Gasteiger partial charge in [0, 0.05) is 12.1 Å². The molecule has 0 saturated heterocycles. The molecule has 0 aliphatic rings. The van der Waals surface area contributed by atoms with E-state index < -0.39 is 36.1 Å². The second kappa shape index (κ2) is 4.63. The van der Waals surface area contributed by atoms with Gasteiger partial charge in [-0.2, -0.15) is 13.2 Å². The van der Waals surface area contributed by atoms with Crippen LogP contribution in [0, 0.1) is 6.92 Å². The Labute approximate surface area is 97.6 Å². The van der Waals surface area contributed by atoms with Crippen LogP contribution < -0.4 is 10.5 Å². The van der Waals surface area contributed by atoms with Gasteiger partial charge in [-0.3, -0.25) is 0 Å². The smallest absolute Gasteiger partial charge is 0.404 e. The highest BCUT2D eigenvalue weighted by Gasteiger charge is 2.38. The molecule has 0 aliphatic heterocycles. The van der Waals surface area contributed by atoms with Gasteiger partial charge in [0.15, 0.2) is 5.75 Å². The van der Waals surface area contributed by atoms with Crippen molar-refractivity contribution in [3.05, 3.63) is 23.0 Å². The third kappa shape index (κ3) is 3.25. The number of nitrogens with zero attached hydrogens (tertiary/aromatic N) is 1. The minimum atomic E-state index is -5.00. The maximum atomic E-state index is 12.5. The van der Waals surface area contributed by atoms with Crippen molar-refractivity contribution < 1.29 is 31.1 Å². The molecule has 0 amide bonds. The maximum Gasteiger partial charge on any atom is 0.573 e. The Balaban J connectivity index is 3.29. The molecule has 3 nitrogen and oxygen atoms in total. The largest absolute Gasteiger partial charge is 0.573 e. The molecule has 102 valence electrons. The summed E-state index contributed by atoms with van der Waals surface area (Å²) in [6.07, 6.45) is -9.40. The predicted octanol–water partition coefficient (Wildman–Crippen LogP) is 2.77. The number of ether oxygens (including phenoxy) is 1. The Kier molecular flexibility index (Phi) is 3.75. The van der Waals surface area contributed by atoms with Gasteiger partial charge in [-0.05, 0) is 12.5 Å². The molecule has 1 heterocycles. The van der Waals surface area contributed by atoms with E-state index in [-0.39, 0.29) is 5.56 Å². The highest BCUT2D eigenvalue weighted by atomic mass is 19.4. The number of rotatable bonds is 2. The Morgan fingerprint density at radius 1 is 1.22 bits per heavy atom. The van der Waals surface area contributed by atoms with Crippen molar-refractivity contribution in [2.24, 2.45) is 5.73 Å². The average Bonchev–Trinajstić information content (AvgIpc) is 2.17. The lowest BCUT2D eigenvalue weighted by molar-refractivity contribution is -0.275. The molecule has 0 spiro atoms. The number of nitrogens with two attached hydrogens (primary N) is 1. The van der Waals surface area contributed by atoms with Gasteiger partial charge in [-0.25, -0.2) is 4.98 Å². The maximum absolute atomic E-state index is 12.5. The number of hydrogen-bond acceptors (Lipinski definition) is 3. The van der Waals surface area contributed by atoms with E-state index in [4.69, 9.17) is 5.73 Å². The SMILES string of the molecule is Cc1c(OC(F)(F)F)cnc(C(F)(F)F)c1CN. The van der Waals surface area contributed by atoms with E-state index in [1.807, 2.05) is 0 Å². The molecule has 0 aliphatic carbocycles. The second-order valence-electron chi connectivity index (χ2n) is 3.32. The van der Waals surface area contributed by atoms with Crippen molar-refractivity contribution in [1.82, 2.24) is 4.98 Å². The van der Waals surface area contributed by atoms with E-state index in [0.717, 1.165) is 6.92 Å². The summed E-state index contributed by atoms with van der Waals surface area (Å²) in [5.74, 6) is -0.795. The van der Waals surface area contributed by atoms with Crippen molar-refractivity contribution in [2.75, 3.05) is 0 Å². The lowest BCUT2D eigenvalue weighted by Gasteiger charge is -2.17. The predicted molar refractivity (Wildman–Crippen MR) is 48.6 cm³/mol. The molecule has 0 aromatic carbocycles. The zero-order chi connectivity index (χ0) is 14.1. The molecule has 0 atom stereocenters. The fourth-order valence-corrected chi connectivity index (χ4v) is 1.35. The van der Waals surface area contributed by atoms with E-state index in [0.29, 0.717) is 6.20 Å². The van der Waals surface area contributed by atoms with Gasteiger partial charge in [0.05, 0.1) is 6.20 Å². The molecule has 0 fully saturated rings. The van der Waals surface area contributed by atoms with Crippen LogP contribution in [-0.2, 0) is 12.7 Å². The molecule has 1 aromatic heterocycles. The summed E-state index contributed by atoms with van der Waals surface area (Å²) in [7, 11) is 0. The Bertz CT molecular complexity index is 440. The highest BCUT2D eigenvalue weighted by Crippen LogP contribution is 2.35. The van der Waals surface area contributed by atoms with Crippen LogP contribution in [0.5, 0.6) is 5.75 Å². The third-order valence-corrected chi connectivity index (χ3v) is 2.12. The van der Waals surface area contributed by atoms with Crippen molar-refractivity contribution in [3.8, 4) is 5.75 Å². The summed E-state index contributed by atoms with van der Waals surface area (Å²) in [5.41, 5.74) is 2.94. The normalized spacial score (nSPS) is 12.7. The first-order valence-electron chi connectivity index (χ1n) is 4.57. The Hall–Kier alpha value is -1.51. The number of alkyl halides is 6. The van der Waals surface area contributed by atoms with Crippen molar-refractivity contribution in [2.45, 2.75) is 26.0 Å². The Morgan fingerprint density at radius 3 is 2.17 bits per heavy atom. The van der Waals surface area contributed by atoms with Crippen LogP contribution in [0.1, 0.15) is 16.8 Å². The summed E-state index contributed by atoms with van der Waals surface area (Å²) in [6, 6.07) is 0. The van der Waals surface area contributed by atoms with Crippen LogP contribution in [0.25, 0.3) is 0 Å². The van der Waals surface area contributed by atoms with Crippen LogP contribution in [0.3, 0.4) is 0 Å². The number of halogens is 6. The van der Waals surface area contributed by atoms with E-state index in [1.165, 1.54) is 0 Å². The number of hydrogen-bond donors (Lipinski definition) is 1. The van der Waals surface area contributed by atoms with E-state index in [9.17, 15) is 26.3 Å². The van der Waals surface area contributed by atoms with Crippen LogP contribution >= 0.6 is 0 Å². The van der Waals surface area contributed by atoms with Crippen LogP contribution in [0.15, 0.2) is 6.20 Å². The van der Waals surface area contributed by atoms with Gasteiger partial charge < -0.3 is 10.5 Å². The molecular weight excluding hydrogens is 266 g/mol. The average molecular weight is 274 g/mol. The standard InChI is InChI=1S/C9H8F6N2O/c1-4-5(2-16)7(8(10,11)12)17-3-6(4)18-9(13,14)15/h3H,2,16H2,1H3. The third-order valence-electron chi connectivity index (χ3n) is 2.12. The van der Waals surface area contributed by atoms with Crippen LogP contribution in [0.2, 0.25) is 0 Å². The summed E-state index contributed by atoms with van der Waals surface area (Å²) >= 11 is 0. The van der Waals surface area contributed by atoms with Crippen molar-refractivity contribution in [1.29, 1.82) is 0 Å². The highest BCUT2D eigenvalue weighted by molar-refractivity contribution is 5.41.